The van der Waals surface area contributed by atoms with Gasteiger partial charge < -0.3 is 4.74 Å². The maximum Gasteiger partial charge on any atom is 0.214 e. The zero-order chi connectivity index (χ0) is 17.6. The molecule has 0 N–H and O–H groups in total. The van der Waals surface area contributed by atoms with Gasteiger partial charge in [0.1, 0.15) is 5.75 Å². The van der Waals surface area contributed by atoms with Gasteiger partial charge in [0, 0.05) is 5.56 Å². The van der Waals surface area contributed by atoms with E-state index in [4.69, 9.17) is 4.74 Å². The van der Waals surface area contributed by atoms with Crippen molar-refractivity contribution in [2.24, 2.45) is 0 Å². The molecule has 3 aromatic rings. The summed E-state index contributed by atoms with van der Waals surface area (Å²) < 4.78 is 7.03. The third-order valence-electron chi connectivity index (χ3n) is 3.51. The standard InChI is InChI=1S/C18H18N4O2S/c1-3-24-16-9-7-14(8-10-16)17(23)12-25-18-19-20-21-22(18)15-6-4-5-13(2)11-15/h4-11H,3,12H2,1-2H3. The Balaban J connectivity index is 1.68. The predicted octanol–water partition coefficient (Wildman–Crippen LogP) is 3.34. The van der Waals surface area contributed by atoms with Crippen LogP contribution in [0, 0.1) is 6.92 Å². The number of rotatable bonds is 7. The van der Waals surface area contributed by atoms with E-state index >= 15 is 0 Å². The van der Waals surface area contributed by atoms with Crippen molar-refractivity contribution in [3.05, 3.63) is 59.7 Å². The zero-order valence-corrected chi connectivity index (χ0v) is 14.9. The fourth-order valence-electron chi connectivity index (χ4n) is 2.31. The molecule has 128 valence electrons. The number of ether oxygens (including phenoxy) is 1. The third kappa shape index (κ3) is 4.24. The average Bonchev–Trinajstić information content (AvgIpc) is 3.09. The molecule has 0 fully saturated rings. The quantitative estimate of drug-likeness (QED) is 0.479. The molecule has 1 heterocycles. The monoisotopic (exact) mass is 354 g/mol. The van der Waals surface area contributed by atoms with Crippen molar-refractivity contribution < 1.29 is 9.53 Å². The van der Waals surface area contributed by atoms with Crippen LogP contribution in [0.25, 0.3) is 5.69 Å². The van der Waals surface area contributed by atoms with Gasteiger partial charge in [0.05, 0.1) is 18.0 Å². The minimum Gasteiger partial charge on any atom is -0.494 e. The van der Waals surface area contributed by atoms with Gasteiger partial charge in [-0.1, -0.05) is 23.9 Å². The number of tetrazole rings is 1. The Kier molecular flexibility index (Phi) is 5.45. The van der Waals surface area contributed by atoms with Crippen molar-refractivity contribution in [2.75, 3.05) is 12.4 Å². The lowest BCUT2D eigenvalue weighted by Gasteiger charge is -2.06. The third-order valence-corrected chi connectivity index (χ3v) is 4.43. The number of nitrogens with zero attached hydrogens (tertiary/aromatic N) is 4. The van der Waals surface area contributed by atoms with Crippen LogP contribution in [0.1, 0.15) is 22.8 Å². The molecule has 2 aromatic carbocycles. The number of ketones is 1. The van der Waals surface area contributed by atoms with Gasteiger partial charge in [-0.25, -0.2) is 0 Å². The molecule has 0 aliphatic rings. The normalized spacial score (nSPS) is 10.6. The van der Waals surface area contributed by atoms with Crippen LogP contribution in [0.15, 0.2) is 53.7 Å². The molecule has 7 heteroatoms. The minimum atomic E-state index is 0.0202. The molecule has 0 saturated heterocycles. The summed E-state index contributed by atoms with van der Waals surface area (Å²) in [6.07, 6.45) is 0. The predicted molar refractivity (Wildman–Crippen MR) is 96.6 cm³/mol. The van der Waals surface area contributed by atoms with Crippen LogP contribution in [0.4, 0.5) is 0 Å². The van der Waals surface area contributed by atoms with Gasteiger partial charge in [-0.3, -0.25) is 4.79 Å². The fourth-order valence-corrected chi connectivity index (χ4v) is 3.09. The molecule has 3 rings (SSSR count). The van der Waals surface area contributed by atoms with Crippen molar-refractivity contribution in [1.82, 2.24) is 20.2 Å². The fraction of sp³-hybridized carbons (Fsp3) is 0.222. The van der Waals surface area contributed by atoms with Crippen LogP contribution in [0.3, 0.4) is 0 Å². The molecule has 0 amide bonds. The second-order valence-electron chi connectivity index (χ2n) is 5.38. The lowest BCUT2D eigenvalue weighted by Crippen LogP contribution is -2.05. The van der Waals surface area contributed by atoms with Gasteiger partial charge in [-0.05, 0) is 66.2 Å². The summed E-state index contributed by atoms with van der Waals surface area (Å²) >= 11 is 1.32. The molecular formula is C18H18N4O2S. The van der Waals surface area contributed by atoms with E-state index in [-0.39, 0.29) is 11.5 Å². The summed E-state index contributed by atoms with van der Waals surface area (Å²) in [5.74, 6) is 1.04. The topological polar surface area (TPSA) is 69.9 Å². The highest BCUT2D eigenvalue weighted by atomic mass is 32.2. The molecule has 0 bridgehead atoms. The number of hydrogen-bond donors (Lipinski definition) is 0. The van der Waals surface area contributed by atoms with Crippen molar-refractivity contribution >= 4 is 17.5 Å². The van der Waals surface area contributed by atoms with E-state index < -0.39 is 0 Å². The van der Waals surface area contributed by atoms with Gasteiger partial charge in [-0.2, -0.15) is 4.68 Å². The Hall–Kier alpha value is -2.67. The first kappa shape index (κ1) is 17.2. The molecule has 25 heavy (non-hydrogen) atoms. The number of Topliss-reactive ketones (excluding diaryl/α,β-unsaturated/α-hetero) is 1. The van der Waals surface area contributed by atoms with Gasteiger partial charge in [0.2, 0.25) is 5.16 Å². The molecule has 0 aliphatic carbocycles. The largest absolute Gasteiger partial charge is 0.494 e. The van der Waals surface area contributed by atoms with Gasteiger partial charge in [0.15, 0.2) is 5.78 Å². The van der Waals surface area contributed by atoms with E-state index in [2.05, 4.69) is 15.5 Å². The van der Waals surface area contributed by atoms with Crippen molar-refractivity contribution in [3.8, 4) is 11.4 Å². The van der Waals surface area contributed by atoms with Gasteiger partial charge in [0.25, 0.3) is 0 Å². The van der Waals surface area contributed by atoms with E-state index in [0.717, 1.165) is 17.0 Å². The highest BCUT2D eigenvalue weighted by Gasteiger charge is 2.13. The molecule has 0 radical (unpaired) electrons. The Labute approximate surface area is 150 Å². The second kappa shape index (κ2) is 7.94. The van der Waals surface area contributed by atoms with E-state index in [1.165, 1.54) is 11.8 Å². The van der Waals surface area contributed by atoms with Crippen LogP contribution >= 0.6 is 11.8 Å². The Bertz CT molecular complexity index is 862. The van der Waals surface area contributed by atoms with Crippen molar-refractivity contribution in [2.45, 2.75) is 19.0 Å². The Morgan fingerprint density at radius 2 is 2.00 bits per heavy atom. The van der Waals surface area contributed by atoms with E-state index in [9.17, 15) is 4.79 Å². The number of thioether (sulfide) groups is 1. The number of aromatic nitrogens is 4. The van der Waals surface area contributed by atoms with Crippen LogP contribution in [0.5, 0.6) is 5.75 Å². The molecule has 0 saturated carbocycles. The minimum absolute atomic E-state index is 0.0202. The molecule has 6 nitrogen and oxygen atoms in total. The second-order valence-corrected chi connectivity index (χ2v) is 6.32. The van der Waals surface area contributed by atoms with Crippen molar-refractivity contribution in [1.29, 1.82) is 0 Å². The zero-order valence-electron chi connectivity index (χ0n) is 14.0. The number of aryl methyl sites for hydroxylation is 1. The summed E-state index contributed by atoms with van der Waals surface area (Å²) in [5, 5.41) is 12.3. The summed E-state index contributed by atoms with van der Waals surface area (Å²) in [6.45, 7) is 4.54. The summed E-state index contributed by atoms with van der Waals surface area (Å²) in [6, 6.07) is 15.0. The molecule has 1 aromatic heterocycles. The molecule has 0 spiro atoms. The lowest BCUT2D eigenvalue weighted by molar-refractivity contribution is 0.102. The summed E-state index contributed by atoms with van der Waals surface area (Å²) in [4.78, 5) is 12.4. The summed E-state index contributed by atoms with van der Waals surface area (Å²) in [7, 11) is 0. The van der Waals surface area contributed by atoms with Crippen LogP contribution in [0.2, 0.25) is 0 Å². The van der Waals surface area contributed by atoms with Crippen LogP contribution < -0.4 is 4.74 Å². The number of hydrogen-bond acceptors (Lipinski definition) is 6. The molecule has 0 unspecified atom stereocenters. The first-order chi connectivity index (χ1) is 12.2. The lowest BCUT2D eigenvalue weighted by atomic mass is 10.1. The van der Waals surface area contributed by atoms with Crippen LogP contribution in [-0.4, -0.2) is 38.4 Å². The molecule has 0 atom stereocenters. The SMILES string of the molecule is CCOc1ccc(C(=O)CSc2nnnn2-c2cccc(C)c2)cc1. The van der Waals surface area contributed by atoms with Gasteiger partial charge in [-0.15, -0.1) is 5.10 Å². The smallest absolute Gasteiger partial charge is 0.214 e. The maximum atomic E-state index is 12.4. The Morgan fingerprint density at radius 1 is 1.20 bits per heavy atom. The number of carbonyl (C=O) groups is 1. The Morgan fingerprint density at radius 3 is 2.72 bits per heavy atom. The van der Waals surface area contributed by atoms with E-state index in [0.29, 0.717) is 17.3 Å². The molecule has 0 aliphatic heterocycles. The molecular weight excluding hydrogens is 336 g/mol. The maximum absolute atomic E-state index is 12.4. The first-order valence-electron chi connectivity index (χ1n) is 7.91. The van der Waals surface area contributed by atoms with E-state index in [1.807, 2.05) is 38.1 Å². The highest BCUT2D eigenvalue weighted by molar-refractivity contribution is 7.99. The highest BCUT2D eigenvalue weighted by Crippen LogP contribution is 2.21. The summed E-state index contributed by atoms with van der Waals surface area (Å²) in [5.41, 5.74) is 2.64. The van der Waals surface area contributed by atoms with Gasteiger partial charge >= 0.3 is 0 Å². The number of benzene rings is 2. The van der Waals surface area contributed by atoms with Crippen LogP contribution in [-0.2, 0) is 0 Å². The van der Waals surface area contributed by atoms with Crippen molar-refractivity contribution in [3.63, 3.8) is 0 Å². The average molecular weight is 354 g/mol. The number of carbonyl (C=O) groups excluding carboxylic acids is 1. The van der Waals surface area contributed by atoms with E-state index in [1.54, 1.807) is 28.9 Å². The first-order valence-corrected chi connectivity index (χ1v) is 8.90.